The van der Waals surface area contributed by atoms with Gasteiger partial charge in [0, 0.05) is 28.6 Å². The lowest BCUT2D eigenvalue weighted by Gasteiger charge is -2.16. The zero-order chi connectivity index (χ0) is 19.1. The van der Waals surface area contributed by atoms with Crippen LogP contribution in [0.3, 0.4) is 0 Å². The highest BCUT2D eigenvalue weighted by molar-refractivity contribution is 6.35. The number of halogens is 2. The number of hydrogen-bond acceptors (Lipinski definition) is 3. The van der Waals surface area contributed by atoms with Crippen LogP contribution < -0.4 is 10.9 Å². The number of nitrogens with zero attached hydrogens (tertiary/aromatic N) is 2. The van der Waals surface area contributed by atoms with Gasteiger partial charge in [0.25, 0.3) is 11.5 Å². The molecule has 3 aromatic rings. The van der Waals surface area contributed by atoms with Crippen molar-refractivity contribution in [3.8, 4) is 0 Å². The van der Waals surface area contributed by atoms with Crippen LogP contribution in [0.4, 0.5) is 0 Å². The van der Waals surface area contributed by atoms with Gasteiger partial charge in [-0.25, -0.2) is 4.98 Å². The van der Waals surface area contributed by atoms with Crippen molar-refractivity contribution in [1.29, 1.82) is 0 Å². The van der Waals surface area contributed by atoms with E-state index in [9.17, 15) is 9.59 Å². The summed E-state index contributed by atoms with van der Waals surface area (Å²) in [6, 6.07) is 9.87. The molecule has 0 saturated heterocycles. The van der Waals surface area contributed by atoms with Crippen LogP contribution in [0, 0.1) is 0 Å². The first kappa shape index (κ1) is 18.0. The number of nitrogens with one attached hydrogen (secondary N) is 1. The van der Waals surface area contributed by atoms with E-state index in [2.05, 4.69) is 10.3 Å². The first-order valence-corrected chi connectivity index (χ1v) is 9.49. The third kappa shape index (κ3) is 3.33. The summed E-state index contributed by atoms with van der Waals surface area (Å²) in [5.74, 6) is 0.532. The second-order valence-corrected chi connectivity index (χ2v) is 7.52. The van der Waals surface area contributed by atoms with Gasteiger partial charge in [0.2, 0.25) is 0 Å². The standard InChI is InChI=1S/C20H17Cl2N3O2/c1-11(14-7-5-13(21)10-16(14)22)23-19(26)12-4-6-15-17(9-12)24-18-3-2-8-25(18)20(15)27/h4-7,9-11H,2-3,8H2,1H3,(H,23,26)/t11-/m1/s1. The number of amides is 1. The molecule has 4 rings (SSSR count). The molecule has 27 heavy (non-hydrogen) atoms. The summed E-state index contributed by atoms with van der Waals surface area (Å²) < 4.78 is 1.71. The lowest BCUT2D eigenvalue weighted by molar-refractivity contribution is 0.0940. The molecule has 1 N–H and O–H groups in total. The van der Waals surface area contributed by atoms with Crippen LogP contribution in [0.2, 0.25) is 10.0 Å². The van der Waals surface area contributed by atoms with Gasteiger partial charge in [-0.05, 0) is 49.2 Å². The minimum atomic E-state index is -0.295. The highest BCUT2D eigenvalue weighted by Gasteiger charge is 2.18. The molecule has 0 saturated carbocycles. The van der Waals surface area contributed by atoms with Gasteiger partial charge in [-0.1, -0.05) is 29.3 Å². The molecule has 0 fully saturated rings. The van der Waals surface area contributed by atoms with E-state index >= 15 is 0 Å². The molecule has 138 valence electrons. The summed E-state index contributed by atoms with van der Waals surface area (Å²) >= 11 is 12.1. The van der Waals surface area contributed by atoms with Gasteiger partial charge in [-0.3, -0.25) is 14.2 Å². The summed E-state index contributed by atoms with van der Waals surface area (Å²) in [6.45, 7) is 2.56. The summed E-state index contributed by atoms with van der Waals surface area (Å²) in [5, 5.41) is 4.50. The zero-order valence-corrected chi connectivity index (χ0v) is 16.1. The Morgan fingerprint density at radius 1 is 1.22 bits per heavy atom. The van der Waals surface area contributed by atoms with Crippen molar-refractivity contribution in [3.05, 3.63) is 73.7 Å². The Bertz CT molecular complexity index is 1120. The van der Waals surface area contributed by atoms with E-state index in [4.69, 9.17) is 23.2 Å². The molecular weight excluding hydrogens is 385 g/mol. The minimum absolute atomic E-state index is 0.0410. The van der Waals surface area contributed by atoms with Gasteiger partial charge < -0.3 is 5.32 Å². The number of carbonyl (C=O) groups excluding carboxylic acids is 1. The van der Waals surface area contributed by atoms with Crippen molar-refractivity contribution in [3.63, 3.8) is 0 Å². The maximum absolute atomic E-state index is 12.7. The van der Waals surface area contributed by atoms with E-state index in [1.54, 1.807) is 41.0 Å². The van der Waals surface area contributed by atoms with Crippen molar-refractivity contribution in [2.75, 3.05) is 0 Å². The topological polar surface area (TPSA) is 64.0 Å². The Kier molecular flexibility index (Phi) is 4.66. The van der Waals surface area contributed by atoms with Crippen molar-refractivity contribution in [2.24, 2.45) is 0 Å². The van der Waals surface area contributed by atoms with E-state index in [0.29, 0.717) is 33.1 Å². The SMILES string of the molecule is C[C@@H](NC(=O)c1ccc2c(=O)n3c(nc2c1)CCC3)c1ccc(Cl)cc1Cl. The Labute approximate surface area is 165 Å². The van der Waals surface area contributed by atoms with Gasteiger partial charge >= 0.3 is 0 Å². The molecule has 2 heterocycles. The minimum Gasteiger partial charge on any atom is -0.345 e. The third-order valence-corrected chi connectivity index (χ3v) is 5.42. The highest BCUT2D eigenvalue weighted by Crippen LogP contribution is 2.26. The fourth-order valence-electron chi connectivity index (χ4n) is 3.44. The van der Waals surface area contributed by atoms with Gasteiger partial charge in [-0.15, -0.1) is 0 Å². The van der Waals surface area contributed by atoms with Gasteiger partial charge in [0.15, 0.2) is 0 Å². The summed E-state index contributed by atoms with van der Waals surface area (Å²) in [5.41, 5.74) is 1.75. The van der Waals surface area contributed by atoms with Gasteiger partial charge in [-0.2, -0.15) is 0 Å². The van der Waals surface area contributed by atoms with Crippen molar-refractivity contribution in [2.45, 2.75) is 32.4 Å². The van der Waals surface area contributed by atoms with Crippen molar-refractivity contribution < 1.29 is 4.79 Å². The summed E-state index contributed by atoms with van der Waals surface area (Å²) in [6.07, 6.45) is 1.71. The molecule has 2 aromatic carbocycles. The fraction of sp³-hybridized carbons (Fsp3) is 0.250. The largest absolute Gasteiger partial charge is 0.345 e. The first-order chi connectivity index (χ1) is 12.9. The molecular formula is C20H17Cl2N3O2. The molecule has 0 unspecified atom stereocenters. The number of aryl methyl sites for hydroxylation is 1. The van der Waals surface area contributed by atoms with Crippen LogP contribution in [0.15, 0.2) is 41.2 Å². The molecule has 1 aliphatic heterocycles. The van der Waals surface area contributed by atoms with Crippen LogP contribution in [0.5, 0.6) is 0 Å². The van der Waals surface area contributed by atoms with E-state index in [-0.39, 0.29) is 17.5 Å². The molecule has 1 amide bonds. The lowest BCUT2D eigenvalue weighted by atomic mass is 10.1. The quantitative estimate of drug-likeness (QED) is 0.716. The molecule has 1 atom stereocenters. The number of aromatic nitrogens is 2. The molecule has 0 aliphatic carbocycles. The Morgan fingerprint density at radius 3 is 2.81 bits per heavy atom. The molecule has 1 aliphatic rings. The smallest absolute Gasteiger partial charge is 0.261 e. The third-order valence-electron chi connectivity index (χ3n) is 4.86. The lowest BCUT2D eigenvalue weighted by Crippen LogP contribution is -2.27. The van der Waals surface area contributed by atoms with Gasteiger partial charge in [0.1, 0.15) is 5.82 Å². The second-order valence-electron chi connectivity index (χ2n) is 6.68. The molecule has 0 radical (unpaired) electrons. The van der Waals surface area contributed by atoms with E-state index < -0.39 is 0 Å². The first-order valence-electron chi connectivity index (χ1n) is 8.73. The Morgan fingerprint density at radius 2 is 2.04 bits per heavy atom. The zero-order valence-electron chi connectivity index (χ0n) is 14.6. The fourth-order valence-corrected chi connectivity index (χ4v) is 4.01. The maximum Gasteiger partial charge on any atom is 0.261 e. The van der Waals surface area contributed by atoms with Crippen LogP contribution in [-0.2, 0) is 13.0 Å². The number of fused-ring (bicyclic) bond motifs is 2. The number of benzene rings is 2. The number of hydrogen-bond donors (Lipinski definition) is 1. The highest BCUT2D eigenvalue weighted by atomic mass is 35.5. The average Bonchev–Trinajstić information content (AvgIpc) is 3.10. The van der Waals surface area contributed by atoms with Crippen LogP contribution in [-0.4, -0.2) is 15.5 Å². The van der Waals surface area contributed by atoms with E-state index in [1.165, 1.54) is 0 Å². The number of rotatable bonds is 3. The molecule has 7 heteroatoms. The van der Waals surface area contributed by atoms with Crippen LogP contribution in [0.1, 0.15) is 41.1 Å². The Balaban J connectivity index is 1.63. The monoisotopic (exact) mass is 401 g/mol. The van der Waals surface area contributed by atoms with Crippen LogP contribution in [0.25, 0.3) is 10.9 Å². The van der Waals surface area contributed by atoms with E-state index in [0.717, 1.165) is 24.2 Å². The molecule has 0 spiro atoms. The predicted octanol–water partition coefficient (Wildman–Crippen LogP) is 4.14. The number of carbonyl (C=O) groups is 1. The van der Waals surface area contributed by atoms with Gasteiger partial charge in [0.05, 0.1) is 16.9 Å². The van der Waals surface area contributed by atoms with E-state index in [1.807, 2.05) is 6.92 Å². The molecule has 0 bridgehead atoms. The normalized spacial score (nSPS) is 14.2. The molecule has 1 aromatic heterocycles. The van der Waals surface area contributed by atoms with Crippen LogP contribution >= 0.6 is 23.2 Å². The Hall–Kier alpha value is -2.37. The van der Waals surface area contributed by atoms with Crippen molar-refractivity contribution in [1.82, 2.24) is 14.9 Å². The van der Waals surface area contributed by atoms with Crippen molar-refractivity contribution >= 4 is 40.0 Å². The predicted molar refractivity (Wildman–Crippen MR) is 107 cm³/mol. The molecule has 5 nitrogen and oxygen atoms in total. The summed E-state index contributed by atoms with van der Waals surface area (Å²) in [4.78, 5) is 29.8. The maximum atomic E-state index is 12.7. The average molecular weight is 402 g/mol. The summed E-state index contributed by atoms with van der Waals surface area (Å²) in [7, 11) is 0. The second kappa shape index (κ2) is 6.98.